The predicted molar refractivity (Wildman–Crippen MR) is 94.1 cm³/mol. The van der Waals surface area contributed by atoms with E-state index in [2.05, 4.69) is 0 Å². The van der Waals surface area contributed by atoms with Gasteiger partial charge < -0.3 is 15.4 Å². The molecule has 2 N–H and O–H groups in total. The van der Waals surface area contributed by atoms with E-state index >= 15 is 0 Å². The summed E-state index contributed by atoms with van der Waals surface area (Å²) in [4.78, 5) is 26.5. The van der Waals surface area contributed by atoms with Gasteiger partial charge in [-0.05, 0) is 36.4 Å². The number of nitrogens with zero attached hydrogens (tertiary/aromatic N) is 1. The molecule has 2 aromatic carbocycles. The number of halogens is 1. The van der Waals surface area contributed by atoms with Crippen LogP contribution in [-0.2, 0) is 9.59 Å². The van der Waals surface area contributed by atoms with E-state index < -0.39 is 17.8 Å². The van der Waals surface area contributed by atoms with Crippen LogP contribution in [0.25, 0.3) is 0 Å². The van der Waals surface area contributed by atoms with E-state index in [1.54, 1.807) is 11.8 Å². The molecule has 1 atom stereocenters. The summed E-state index contributed by atoms with van der Waals surface area (Å²) in [6.07, 6.45) is -0.669. The van der Waals surface area contributed by atoms with Gasteiger partial charge in [0.25, 0.3) is 5.91 Å². The van der Waals surface area contributed by atoms with Crippen LogP contribution in [0.1, 0.15) is 6.42 Å². The number of carbonyl (C=O) groups excluding carboxylic acids is 2. The lowest BCUT2D eigenvalue weighted by Gasteiger charge is -2.30. The van der Waals surface area contributed by atoms with Gasteiger partial charge in [0.15, 0.2) is 6.10 Å². The number of anilines is 1. The fourth-order valence-electron chi connectivity index (χ4n) is 2.52. The zero-order valence-corrected chi connectivity index (χ0v) is 14.2. The van der Waals surface area contributed by atoms with Gasteiger partial charge in [0.05, 0.1) is 0 Å². The Morgan fingerprint density at radius 1 is 1.20 bits per heavy atom. The number of primary amides is 1. The van der Waals surface area contributed by atoms with Gasteiger partial charge in [0, 0.05) is 29.3 Å². The number of thioether (sulfide) groups is 1. The topological polar surface area (TPSA) is 72.6 Å². The highest BCUT2D eigenvalue weighted by Crippen LogP contribution is 2.35. The Balaban J connectivity index is 1.81. The average molecular weight is 360 g/mol. The molecule has 7 heteroatoms. The van der Waals surface area contributed by atoms with E-state index in [-0.39, 0.29) is 18.9 Å². The van der Waals surface area contributed by atoms with E-state index in [0.29, 0.717) is 17.2 Å². The minimum atomic E-state index is -0.683. The molecule has 2 aromatic rings. The van der Waals surface area contributed by atoms with Crippen molar-refractivity contribution in [2.45, 2.75) is 17.4 Å². The summed E-state index contributed by atoms with van der Waals surface area (Å²) in [6, 6.07) is 13.0. The smallest absolute Gasteiger partial charge is 0.268 e. The quantitative estimate of drug-likeness (QED) is 0.890. The third-order valence-electron chi connectivity index (χ3n) is 3.77. The van der Waals surface area contributed by atoms with Crippen molar-refractivity contribution in [3.63, 3.8) is 0 Å². The molecule has 130 valence electrons. The van der Waals surface area contributed by atoms with Crippen LogP contribution in [0.15, 0.2) is 53.4 Å². The number of ether oxygens (including phenoxy) is 1. The van der Waals surface area contributed by atoms with Crippen molar-refractivity contribution in [1.29, 1.82) is 0 Å². The maximum atomic E-state index is 13.2. The molecule has 25 heavy (non-hydrogen) atoms. The third-order valence-corrected chi connectivity index (χ3v) is 4.89. The summed E-state index contributed by atoms with van der Waals surface area (Å²) in [5, 5.41) is 0. The first-order valence-corrected chi connectivity index (χ1v) is 8.77. The van der Waals surface area contributed by atoms with Crippen molar-refractivity contribution < 1.29 is 18.7 Å². The zero-order chi connectivity index (χ0) is 17.8. The van der Waals surface area contributed by atoms with E-state index in [1.807, 2.05) is 24.3 Å². The van der Waals surface area contributed by atoms with Gasteiger partial charge in [-0.15, -0.1) is 11.8 Å². The van der Waals surface area contributed by atoms with Crippen molar-refractivity contribution in [3.05, 3.63) is 54.3 Å². The Labute approximate surface area is 148 Å². The van der Waals surface area contributed by atoms with Gasteiger partial charge >= 0.3 is 0 Å². The van der Waals surface area contributed by atoms with Gasteiger partial charge in [0.2, 0.25) is 5.91 Å². The normalized spacial score (nSPS) is 15.8. The zero-order valence-electron chi connectivity index (χ0n) is 13.4. The molecule has 0 saturated carbocycles. The molecule has 5 nitrogen and oxygen atoms in total. The van der Waals surface area contributed by atoms with E-state index in [4.69, 9.17) is 10.5 Å². The highest BCUT2D eigenvalue weighted by Gasteiger charge is 2.31. The lowest BCUT2D eigenvalue weighted by atomic mass is 10.2. The minimum absolute atomic E-state index is 0.0135. The van der Waals surface area contributed by atoms with E-state index in [0.717, 1.165) is 4.90 Å². The van der Waals surface area contributed by atoms with Crippen LogP contribution in [0.5, 0.6) is 5.75 Å². The molecular formula is C18H17FN2O3S. The Hall–Kier alpha value is -2.54. The highest BCUT2D eigenvalue weighted by atomic mass is 32.2. The first kappa shape index (κ1) is 17.3. The van der Waals surface area contributed by atoms with E-state index in [9.17, 15) is 14.0 Å². The molecule has 0 saturated heterocycles. The molecule has 0 radical (unpaired) electrons. The first-order chi connectivity index (χ1) is 12.0. The van der Waals surface area contributed by atoms with Crippen molar-refractivity contribution in [2.24, 2.45) is 5.73 Å². The number of amides is 2. The summed E-state index contributed by atoms with van der Waals surface area (Å²) >= 11 is 1.54. The van der Waals surface area contributed by atoms with Crippen molar-refractivity contribution in [3.8, 4) is 5.75 Å². The van der Waals surface area contributed by atoms with Crippen LogP contribution in [0.3, 0.4) is 0 Å². The second kappa shape index (κ2) is 7.57. The maximum absolute atomic E-state index is 13.2. The number of hydrogen-bond donors (Lipinski definition) is 1. The van der Waals surface area contributed by atoms with Crippen LogP contribution in [0.2, 0.25) is 0 Å². The first-order valence-electron chi connectivity index (χ1n) is 7.78. The van der Waals surface area contributed by atoms with Gasteiger partial charge in [0.1, 0.15) is 11.6 Å². The largest absolute Gasteiger partial charge is 0.479 e. The van der Waals surface area contributed by atoms with Crippen LogP contribution >= 0.6 is 11.8 Å². The molecule has 1 aliphatic heterocycles. The SMILES string of the molecule is NC(=O)CCN(C(=O)C1CSc2ccccc2O1)c1ccc(F)cc1. The molecule has 1 aliphatic rings. The molecular weight excluding hydrogens is 343 g/mol. The summed E-state index contributed by atoms with van der Waals surface area (Å²) in [5.74, 6) is -0.0704. The Bertz CT molecular complexity index is 782. The lowest BCUT2D eigenvalue weighted by molar-refractivity contribution is -0.124. The summed E-state index contributed by atoms with van der Waals surface area (Å²) in [7, 11) is 0. The van der Waals surface area contributed by atoms with Gasteiger partial charge in [-0.1, -0.05) is 12.1 Å². The number of carbonyl (C=O) groups is 2. The number of benzene rings is 2. The minimum Gasteiger partial charge on any atom is -0.479 e. The molecule has 3 rings (SSSR count). The molecule has 1 heterocycles. The van der Waals surface area contributed by atoms with Crippen LogP contribution < -0.4 is 15.4 Å². The summed E-state index contributed by atoms with van der Waals surface area (Å²) in [6.45, 7) is 0.117. The summed E-state index contributed by atoms with van der Waals surface area (Å²) < 4.78 is 19.0. The summed E-state index contributed by atoms with van der Waals surface area (Å²) in [5.41, 5.74) is 5.71. The fourth-order valence-corrected chi connectivity index (χ4v) is 3.50. The second-order valence-electron chi connectivity index (χ2n) is 5.55. The number of fused-ring (bicyclic) bond motifs is 1. The van der Waals surface area contributed by atoms with Crippen LogP contribution in [-0.4, -0.2) is 30.2 Å². The average Bonchev–Trinajstić information content (AvgIpc) is 2.62. The Kier molecular flexibility index (Phi) is 5.23. The van der Waals surface area contributed by atoms with Crippen molar-refractivity contribution >= 4 is 29.3 Å². The van der Waals surface area contributed by atoms with Gasteiger partial charge in [-0.25, -0.2) is 4.39 Å². The number of hydrogen-bond acceptors (Lipinski definition) is 4. The maximum Gasteiger partial charge on any atom is 0.268 e. The van der Waals surface area contributed by atoms with Crippen LogP contribution in [0, 0.1) is 5.82 Å². The molecule has 0 aliphatic carbocycles. The van der Waals surface area contributed by atoms with Crippen molar-refractivity contribution in [1.82, 2.24) is 0 Å². The van der Waals surface area contributed by atoms with Gasteiger partial charge in [-0.3, -0.25) is 9.59 Å². The number of nitrogens with two attached hydrogens (primary N) is 1. The Morgan fingerprint density at radius 2 is 1.92 bits per heavy atom. The monoisotopic (exact) mass is 360 g/mol. The second-order valence-corrected chi connectivity index (χ2v) is 6.61. The number of para-hydroxylation sites is 1. The standard InChI is InChI=1S/C18H17FN2O3S/c19-12-5-7-13(8-6-12)21(10-9-17(20)22)18(23)15-11-25-16-4-2-1-3-14(16)24-15/h1-8,15H,9-11H2,(H2,20,22). The Morgan fingerprint density at radius 3 is 2.64 bits per heavy atom. The molecule has 0 spiro atoms. The molecule has 0 fully saturated rings. The third kappa shape index (κ3) is 4.11. The molecule has 2 amide bonds. The predicted octanol–water partition coefficient (Wildman–Crippen LogP) is 2.59. The lowest BCUT2D eigenvalue weighted by Crippen LogP contribution is -2.45. The van der Waals surface area contributed by atoms with E-state index in [1.165, 1.54) is 29.2 Å². The molecule has 0 bridgehead atoms. The fraction of sp³-hybridized carbons (Fsp3) is 0.222. The van der Waals surface area contributed by atoms with Crippen molar-refractivity contribution in [2.75, 3.05) is 17.2 Å². The van der Waals surface area contributed by atoms with Gasteiger partial charge in [-0.2, -0.15) is 0 Å². The molecule has 0 aromatic heterocycles. The highest BCUT2D eigenvalue weighted by molar-refractivity contribution is 7.99. The molecule has 1 unspecified atom stereocenters. The van der Waals surface area contributed by atoms with Crippen LogP contribution in [0.4, 0.5) is 10.1 Å². The number of rotatable bonds is 5.